The standard InChI is InChI=1S/C12H24N4O/c1-3-14-8-9-16(10-11(14)2)12(17)15-6-4-13-5-7-15/h11,13H,3-10H2,1-2H3. The number of amides is 2. The Morgan fingerprint density at radius 2 is 1.88 bits per heavy atom. The highest BCUT2D eigenvalue weighted by Gasteiger charge is 2.28. The van der Waals surface area contributed by atoms with Gasteiger partial charge in [-0.05, 0) is 13.5 Å². The van der Waals surface area contributed by atoms with Crippen LogP contribution in [0.25, 0.3) is 0 Å². The molecule has 0 bridgehead atoms. The fraction of sp³-hybridized carbons (Fsp3) is 0.917. The van der Waals surface area contributed by atoms with Crippen LogP contribution in [0.4, 0.5) is 4.79 Å². The summed E-state index contributed by atoms with van der Waals surface area (Å²) in [5.74, 6) is 0. The van der Waals surface area contributed by atoms with Crippen molar-refractivity contribution in [2.75, 3.05) is 52.4 Å². The van der Waals surface area contributed by atoms with Crippen molar-refractivity contribution < 1.29 is 4.79 Å². The van der Waals surface area contributed by atoms with Crippen LogP contribution in [0.15, 0.2) is 0 Å². The lowest BCUT2D eigenvalue weighted by atomic mass is 10.2. The fourth-order valence-electron chi connectivity index (χ4n) is 2.69. The molecule has 1 unspecified atom stereocenters. The quantitative estimate of drug-likeness (QED) is 0.703. The van der Waals surface area contributed by atoms with Crippen LogP contribution in [0, 0.1) is 0 Å². The minimum absolute atomic E-state index is 0.231. The third kappa shape index (κ3) is 2.90. The summed E-state index contributed by atoms with van der Waals surface area (Å²) >= 11 is 0. The van der Waals surface area contributed by atoms with E-state index in [-0.39, 0.29) is 6.03 Å². The molecule has 5 heteroatoms. The number of nitrogens with one attached hydrogen (secondary N) is 1. The molecule has 2 aliphatic rings. The predicted octanol–water partition coefficient (Wildman–Crippen LogP) is 0.0376. The highest BCUT2D eigenvalue weighted by Crippen LogP contribution is 2.11. The van der Waals surface area contributed by atoms with E-state index in [1.165, 1.54) is 0 Å². The minimum Gasteiger partial charge on any atom is -0.322 e. The summed E-state index contributed by atoms with van der Waals surface area (Å²) in [4.78, 5) is 18.7. The Hall–Kier alpha value is -0.810. The largest absolute Gasteiger partial charge is 0.322 e. The summed E-state index contributed by atoms with van der Waals surface area (Å²) in [6.07, 6.45) is 0. The molecule has 98 valence electrons. The number of rotatable bonds is 1. The van der Waals surface area contributed by atoms with Crippen molar-refractivity contribution in [2.45, 2.75) is 19.9 Å². The zero-order chi connectivity index (χ0) is 12.3. The number of carbonyl (C=O) groups is 1. The van der Waals surface area contributed by atoms with Crippen LogP contribution in [0.2, 0.25) is 0 Å². The molecule has 0 spiro atoms. The molecule has 17 heavy (non-hydrogen) atoms. The van der Waals surface area contributed by atoms with Gasteiger partial charge in [0, 0.05) is 51.9 Å². The average molecular weight is 240 g/mol. The summed E-state index contributed by atoms with van der Waals surface area (Å²) in [5, 5.41) is 3.28. The van der Waals surface area contributed by atoms with Crippen LogP contribution in [0.5, 0.6) is 0 Å². The van der Waals surface area contributed by atoms with E-state index in [4.69, 9.17) is 0 Å². The van der Waals surface area contributed by atoms with Gasteiger partial charge in [0.05, 0.1) is 0 Å². The number of urea groups is 1. The number of nitrogens with zero attached hydrogens (tertiary/aromatic N) is 3. The maximum Gasteiger partial charge on any atom is 0.320 e. The predicted molar refractivity (Wildman–Crippen MR) is 68.1 cm³/mol. The molecule has 2 fully saturated rings. The summed E-state index contributed by atoms with van der Waals surface area (Å²) < 4.78 is 0. The van der Waals surface area contributed by atoms with Gasteiger partial charge in [0.1, 0.15) is 0 Å². The first-order valence-corrected chi connectivity index (χ1v) is 6.71. The first-order chi connectivity index (χ1) is 8.22. The van der Waals surface area contributed by atoms with E-state index in [1.807, 2.05) is 9.80 Å². The topological polar surface area (TPSA) is 38.8 Å². The van der Waals surface area contributed by atoms with Gasteiger partial charge >= 0.3 is 6.03 Å². The number of piperazine rings is 2. The lowest BCUT2D eigenvalue weighted by Gasteiger charge is -2.41. The van der Waals surface area contributed by atoms with E-state index < -0.39 is 0 Å². The Morgan fingerprint density at radius 3 is 2.47 bits per heavy atom. The van der Waals surface area contributed by atoms with Crippen molar-refractivity contribution in [1.82, 2.24) is 20.0 Å². The molecule has 2 saturated heterocycles. The second-order valence-corrected chi connectivity index (χ2v) is 4.94. The summed E-state index contributed by atoms with van der Waals surface area (Å²) in [6.45, 7) is 11.8. The summed E-state index contributed by atoms with van der Waals surface area (Å²) in [5.41, 5.74) is 0. The Bertz CT molecular complexity index is 265. The molecule has 0 radical (unpaired) electrons. The Balaban J connectivity index is 1.87. The highest BCUT2D eigenvalue weighted by molar-refractivity contribution is 5.74. The number of likely N-dealkylation sites (N-methyl/N-ethyl adjacent to an activating group) is 1. The van der Waals surface area contributed by atoms with Crippen molar-refractivity contribution in [3.05, 3.63) is 0 Å². The van der Waals surface area contributed by atoms with Gasteiger partial charge in [-0.3, -0.25) is 4.90 Å². The summed E-state index contributed by atoms with van der Waals surface area (Å²) in [7, 11) is 0. The molecule has 0 aromatic rings. The van der Waals surface area contributed by atoms with Crippen LogP contribution >= 0.6 is 0 Å². The first-order valence-electron chi connectivity index (χ1n) is 6.71. The molecule has 2 rings (SSSR count). The maximum atomic E-state index is 12.3. The second kappa shape index (κ2) is 5.69. The van der Waals surface area contributed by atoms with Crippen molar-refractivity contribution in [3.8, 4) is 0 Å². The SMILES string of the molecule is CCN1CCN(C(=O)N2CCNCC2)CC1C. The molecular formula is C12H24N4O. The van der Waals surface area contributed by atoms with Gasteiger partial charge in [-0.15, -0.1) is 0 Å². The van der Waals surface area contributed by atoms with Gasteiger partial charge in [0.2, 0.25) is 0 Å². The zero-order valence-electron chi connectivity index (χ0n) is 11.0. The molecule has 0 aliphatic carbocycles. The third-order valence-corrected chi connectivity index (χ3v) is 3.83. The molecule has 0 aromatic carbocycles. The van der Waals surface area contributed by atoms with E-state index in [0.717, 1.165) is 52.4 Å². The Morgan fingerprint density at radius 1 is 1.18 bits per heavy atom. The summed E-state index contributed by atoms with van der Waals surface area (Å²) in [6, 6.07) is 0.717. The van der Waals surface area contributed by atoms with Gasteiger partial charge in [-0.25, -0.2) is 4.79 Å². The van der Waals surface area contributed by atoms with Crippen molar-refractivity contribution >= 4 is 6.03 Å². The highest BCUT2D eigenvalue weighted by atomic mass is 16.2. The van der Waals surface area contributed by atoms with Crippen LogP contribution in [-0.2, 0) is 0 Å². The van der Waals surface area contributed by atoms with Gasteiger partial charge in [-0.2, -0.15) is 0 Å². The van der Waals surface area contributed by atoms with Crippen molar-refractivity contribution in [2.24, 2.45) is 0 Å². The number of hydrogen-bond acceptors (Lipinski definition) is 3. The van der Waals surface area contributed by atoms with Crippen molar-refractivity contribution in [3.63, 3.8) is 0 Å². The normalized spacial score (nSPS) is 27.3. The van der Waals surface area contributed by atoms with E-state index in [0.29, 0.717) is 6.04 Å². The minimum atomic E-state index is 0.231. The molecule has 2 amide bonds. The zero-order valence-corrected chi connectivity index (χ0v) is 11.0. The third-order valence-electron chi connectivity index (χ3n) is 3.83. The van der Waals surface area contributed by atoms with E-state index in [1.54, 1.807) is 0 Å². The maximum absolute atomic E-state index is 12.3. The van der Waals surface area contributed by atoms with Gasteiger partial charge < -0.3 is 15.1 Å². The van der Waals surface area contributed by atoms with E-state index >= 15 is 0 Å². The molecule has 2 aliphatic heterocycles. The van der Waals surface area contributed by atoms with Crippen LogP contribution in [0.3, 0.4) is 0 Å². The van der Waals surface area contributed by atoms with Gasteiger partial charge in [0.25, 0.3) is 0 Å². The first kappa shape index (κ1) is 12.6. The molecule has 1 N–H and O–H groups in total. The van der Waals surface area contributed by atoms with Crippen LogP contribution in [0.1, 0.15) is 13.8 Å². The number of hydrogen-bond donors (Lipinski definition) is 1. The molecule has 5 nitrogen and oxygen atoms in total. The van der Waals surface area contributed by atoms with E-state index in [2.05, 4.69) is 24.1 Å². The fourth-order valence-corrected chi connectivity index (χ4v) is 2.69. The van der Waals surface area contributed by atoms with Gasteiger partial charge in [0.15, 0.2) is 0 Å². The smallest absolute Gasteiger partial charge is 0.320 e. The Kier molecular flexibility index (Phi) is 4.23. The lowest BCUT2D eigenvalue weighted by Crippen LogP contribution is -2.58. The van der Waals surface area contributed by atoms with Gasteiger partial charge in [-0.1, -0.05) is 6.92 Å². The molecular weight excluding hydrogens is 216 g/mol. The van der Waals surface area contributed by atoms with Crippen LogP contribution in [-0.4, -0.2) is 79.1 Å². The number of carbonyl (C=O) groups excluding carboxylic acids is 1. The Labute approximate surface area is 104 Å². The molecule has 2 heterocycles. The monoisotopic (exact) mass is 240 g/mol. The van der Waals surface area contributed by atoms with Crippen molar-refractivity contribution in [1.29, 1.82) is 0 Å². The average Bonchev–Trinajstić information content (AvgIpc) is 2.39. The molecule has 0 saturated carbocycles. The molecule has 0 aromatic heterocycles. The second-order valence-electron chi connectivity index (χ2n) is 4.94. The van der Waals surface area contributed by atoms with E-state index in [9.17, 15) is 4.79 Å². The van der Waals surface area contributed by atoms with Crippen LogP contribution < -0.4 is 5.32 Å². The molecule has 1 atom stereocenters. The lowest BCUT2D eigenvalue weighted by molar-refractivity contribution is 0.0822.